The van der Waals surface area contributed by atoms with Gasteiger partial charge in [-0.3, -0.25) is 4.79 Å². The monoisotopic (exact) mass is 369 g/mol. The van der Waals surface area contributed by atoms with E-state index in [0.717, 1.165) is 17.4 Å². The Labute approximate surface area is 148 Å². The van der Waals surface area contributed by atoms with E-state index in [9.17, 15) is 18.0 Å². The summed E-state index contributed by atoms with van der Waals surface area (Å²) in [6.45, 7) is 0.315. The van der Waals surface area contributed by atoms with Crippen LogP contribution in [0.1, 0.15) is 21.5 Å². The first-order valence-corrected chi connectivity index (χ1v) is 8.93. The van der Waals surface area contributed by atoms with Crippen molar-refractivity contribution < 1.29 is 18.0 Å². The van der Waals surface area contributed by atoms with Crippen molar-refractivity contribution in [2.75, 3.05) is 24.7 Å². The van der Waals surface area contributed by atoms with Gasteiger partial charge in [-0.1, -0.05) is 12.1 Å². The number of carbonyl (C=O) groups is 1. The molecule has 0 atom stereocenters. The fourth-order valence-electron chi connectivity index (χ4n) is 2.15. The standard InChI is InChI=1S/C17H18F3N3OS/c1-25-11-12-4-6-13(7-5-12)16(24)23-10-9-22-15-14(17(18,19)20)3-2-8-21-15/h2-8H,9-11H2,1H3,(H,21,22)(H,23,24). The van der Waals surface area contributed by atoms with E-state index < -0.39 is 11.7 Å². The number of anilines is 1. The lowest BCUT2D eigenvalue weighted by Crippen LogP contribution is -2.29. The lowest BCUT2D eigenvalue weighted by Gasteiger charge is -2.13. The number of hydrogen-bond donors (Lipinski definition) is 2. The van der Waals surface area contributed by atoms with Gasteiger partial charge in [-0.2, -0.15) is 24.9 Å². The van der Waals surface area contributed by atoms with Gasteiger partial charge in [-0.05, 0) is 36.1 Å². The highest BCUT2D eigenvalue weighted by molar-refractivity contribution is 7.97. The van der Waals surface area contributed by atoms with Gasteiger partial charge in [-0.25, -0.2) is 4.98 Å². The molecule has 1 aromatic heterocycles. The summed E-state index contributed by atoms with van der Waals surface area (Å²) < 4.78 is 38.5. The molecule has 0 saturated carbocycles. The molecule has 0 radical (unpaired) electrons. The smallest absolute Gasteiger partial charge is 0.368 e. The third-order valence-corrected chi connectivity index (χ3v) is 3.97. The van der Waals surface area contributed by atoms with Crippen molar-refractivity contribution in [1.29, 1.82) is 0 Å². The van der Waals surface area contributed by atoms with Crippen LogP contribution < -0.4 is 10.6 Å². The van der Waals surface area contributed by atoms with Crippen LogP contribution in [0.3, 0.4) is 0 Å². The van der Waals surface area contributed by atoms with Gasteiger partial charge in [-0.15, -0.1) is 0 Å². The van der Waals surface area contributed by atoms with Crippen LogP contribution in [-0.2, 0) is 11.9 Å². The molecular weight excluding hydrogens is 351 g/mol. The highest BCUT2D eigenvalue weighted by atomic mass is 32.2. The molecule has 0 spiro atoms. The van der Waals surface area contributed by atoms with Gasteiger partial charge in [0, 0.05) is 30.6 Å². The summed E-state index contributed by atoms with van der Waals surface area (Å²) in [6, 6.07) is 9.42. The molecule has 1 aromatic carbocycles. The van der Waals surface area contributed by atoms with Gasteiger partial charge in [0.1, 0.15) is 5.82 Å². The molecule has 0 aliphatic heterocycles. The number of amides is 1. The van der Waals surface area contributed by atoms with Crippen LogP contribution in [0.5, 0.6) is 0 Å². The summed E-state index contributed by atoms with van der Waals surface area (Å²) in [5, 5.41) is 5.27. The second-order valence-corrected chi connectivity index (χ2v) is 6.08. The normalized spacial score (nSPS) is 11.2. The Morgan fingerprint density at radius 3 is 2.52 bits per heavy atom. The van der Waals surface area contributed by atoms with Gasteiger partial charge < -0.3 is 10.6 Å². The molecule has 4 nitrogen and oxygen atoms in total. The molecule has 2 rings (SSSR count). The quantitative estimate of drug-likeness (QED) is 0.729. The number of alkyl halides is 3. The summed E-state index contributed by atoms with van der Waals surface area (Å²) in [5.41, 5.74) is 0.810. The summed E-state index contributed by atoms with van der Waals surface area (Å²) in [7, 11) is 0. The van der Waals surface area contributed by atoms with Crippen LogP contribution in [-0.4, -0.2) is 30.2 Å². The Hall–Kier alpha value is -2.22. The van der Waals surface area contributed by atoms with Gasteiger partial charge in [0.2, 0.25) is 0 Å². The molecule has 8 heteroatoms. The Bertz CT molecular complexity index is 705. The zero-order chi connectivity index (χ0) is 18.3. The highest BCUT2D eigenvalue weighted by Gasteiger charge is 2.33. The Balaban J connectivity index is 1.84. The number of nitrogens with one attached hydrogen (secondary N) is 2. The maximum atomic E-state index is 12.8. The summed E-state index contributed by atoms with van der Waals surface area (Å²) in [5.74, 6) is 0.359. The van der Waals surface area contributed by atoms with Gasteiger partial charge in [0.15, 0.2) is 0 Å². The van der Waals surface area contributed by atoms with Crippen molar-refractivity contribution in [2.45, 2.75) is 11.9 Å². The van der Waals surface area contributed by atoms with Crippen LogP contribution >= 0.6 is 11.8 Å². The molecular formula is C17H18F3N3OS. The van der Waals surface area contributed by atoms with Crippen LogP contribution in [0.4, 0.5) is 19.0 Å². The molecule has 0 bridgehead atoms. The summed E-state index contributed by atoms with van der Waals surface area (Å²) >= 11 is 1.69. The van der Waals surface area contributed by atoms with Crippen molar-refractivity contribution in [3.05, 3.63) is 59.3 Å². The van der Waals surface area contributed by atoms with Gasteiger partial charge >= 0.3 is 6.18 Å². The molecule has 1 amide bonds. The van der Waals surface area contributed by atoms with Crippen LogP contribution in [0.15, 0.2) is 42.6 Å². The topological polar surface area (TPSA) is 54.0 Å². The number of benzene rings is 1. The molecule has 0 unspecified atom stereocenters. The number of halogens is 3. The van der Waals surface area contributed by atoms with E-state index in [1.165, 1.54) is 12.3 Å². The van der Waals surface area contributed by atoms with Crippen LogP contribution in [0.25, 0.3) is 0 Å². The average Bonchev–Trinajstić information content (AvgIpc) is 2.59. The Morgan fingerprint density at radius 2 is 1.88 bits per heavy atom. The second kappa shape index (κ2) is 8.75. The molecule has 0 fully saturated rings. The number of aromatic nitrogens is 1. The minimum absolute atomic E-state index is 0.135. The van der Waals surface area contributed by atoms with Crippen molar-refractivity contribution in [2.24, 2.45) is 0 Å². The number of nitrogens with zero attached hydrogens (tertiary/aromatic N) is 1. The fraction of sp³-hybridized carbons (Fsp3) is 0.294. The molecule has 134 valence electrons. The van der Waals surface area contributed by atoms with Crippen molar-refractivity contribution in [3.8, 4) is 0 Å². The van der Waals surface area contributed by atoms with E-state index in [2.05, 4.69) is 15.6 Å². The predicted molar refractivity (Wildman–Crippen MR) is 93.7 cm³/mol. The Kier molecular flexibility index (Phi) is 6.69. The maximum absolute atomic E-state index is 12.8. The fourth-order valence-corrected chi connectivity index (χ4v) is 2.68. The number of thioether (sulfide) groups is 1. The number of hydrogen-bond acceptors (Lipinski definition) is 4. The van der Waals surface area contributed by atoms with E-state index in [-0.39, 0.29) is 24.8 Å². The maximum Gasteiger partial charge on any atom is 0.419 e. The second-order valence-electron chi connectivity index (χ2n) is 5.21. The predicted octanol–water partition coefficient (Wildman–Crippen LogP) is 3.81. The van der Waals surface area contributed by atoms with E-state index in [1.807, 2.05) is 18.4 Å². The lowest BCUT2D eigenvalue weighted by atomic mass is 10.1. The molecule has 0 aliphatic carbocycles. The highest BCUT2D eigenvalue weighted by Crippen LogP contribution is 2.33. The van der Waals surface area contributed by atoms with Gasteiger partial charge in [0.25, 0.3) is 5.91 Å². The molecule has 1 heterocycles. The summed E-state index contributed by atoms with van der Waals surface area (Å²) in [6.07, 6.45) is -1.19. The molecule has 2 aromatic rings. The zero-order valence-corrected chi connectivity index (χ0v) is 14.4. The SMILES string of the molecule is CSCc1ccc(C(=O)NCCNc2ncccc2C(F)(F)F)cc1. The largest absolute Gasteiger partial charge is 0.419 e. The minimum Gasteiger partial charge on any atom is -0.368 e. The number of carbonyl (C=O) groups excluding carboxylic acids is 1. The van der Waals surface area contributed by atoms with E-state index in [1.54, 1.807) is 23.9 Å². The van der Waals surface area contributed by atoms with Crippen molar-refractivity contribution in [3.63, 3.8) is 0 Å². The van der Waals surface area contributed by atoms with Gasteiger partial charge in [0.05, 0.1) is 5.56 Å². The molecule has 25 heavy (non-hydrogen) atoms. The zero-order valence-electron chi connectivity index (χ0n) is 13.6. The molecule has 0 aliphatic rings. The minimum atomic E-state index is -4.47. The third kappa shape index (κ3) is 5.67. The summed E-state index contributed by atoms with van der Waals surface area (Å²) in [4.78, 5) is 15.7. The number of pyridine rings is 1. The molecule has 2 N–H and O–H groups in total. The van der Waals surface area contributed by atoms with Crippen LogP contribution in [0.2, 0.25) is 0 Å². The first kappa shape index (κ1) is 19.1. The lowest BCUT2D eigenvalue weighted by molar-refractivity contribution is -0.137. The van der Waals surface area contributed by atoms with Crippen LogP contribution in [0, 0.1) is 0 Å². The van der Waals surface area contributed by atoms with Crippen molar-refractivity contribution in [1.82, 2.24) is 10.3 Å². The van der Waals surface area contributed by atoms with E-state index in [0.29, 0.717) is 5.56 Å². The molecule has 0 saturated heterocycles. The first-order chi connectivity index (χ1) is 11.9. The average molecular weight is 369 g/mol. The van der Waals surface area contributed by atoms with Crippen molar-refractivity contribution >= 4 is 23.5 Å². The first-order valence-electron chi connectivity index (χ1n) is 7.54. The van der Waals surface area contributed by atoms with E-state index >= 15 is 0 Å². The number of rotatable bonds is 7. The van der Waals surface area contributed by atoms with E-state index in [4.69, 9.17) is 0 Å². The third-order valence-electron chi connectivity index (χ3n) is 3.34. The Morgan fingerprint density at radius 1 is 1.16 bits per heavy atom.